The molecule has 0 atom stereocenters. The van der Waals surface area contributed by atoms with Crippen LogP contribution in [-0.4, -0.2) is 25.5 Å². The maximum absolute atomic E-state index is 11.9. The fraction of sp³-hybridized carbons (Fsp3) is 0.500. The Morgan fingerprint density at radius 3 is 2.24 bits per heavy atom. The van der Waals surface area contributed by atoms with Gasteiger partial charge in [-0.05, 0) is 23.6 Å². The second-order valence-corrected chi connectivity index (χ2v) is 6.79. The summed E-state index contributed by atoms with van der Waals surface area (Å²) in [4.78, 5) is 0. The number of hydrogen-bond donors (Lipinski definition) is 1. The number of nitrogens with two attached hydrogens (primary N) is 1. The lowest BCUT2D eigenvalue weighted by Gasteiger charge is -2.18. The summed E-state index contributed by atoms with van der Waals surface area (Å²) in [6.07, 6.45) is 0. The Hall–Kier alpha value is -1.07. The SMILES string of the molecule is CC(C)CS(=O)(=O)N(C)Cc1ccc(N)cc1. The van der Waals surface area contributed by atoms with Crippen molar-refractivity contribution in [3.8, 4) is 0 Å². The molecule has 0 saturated carbocycles. The van der Waals surface area contributed by atoms with Crippen molar-refractivity contribution >= 4 is 15.7 Å². The summed E-state index contributed by atoms with van der Waals surface area (Å²) in [6, 6.07) is 7.24. The molecule has 4 nitrogen and oxygen atoms in total. The topological polar surface area (TPSA) is 63.4 Å². The van der Waals surface area contributed by atoms with Crippen molar-refractivity contribution in [2.45, 2.75) is 20.4 Å². The van der Waals surface area contributed by atoms with Gasteiger partial charge in [-0.1, -0.05) is 26.0 Å². The van der Waals surface area contributed by atoms with Crippen LogP contribution in [0.15, 0.2) is 24.3 Å². The molecule has 0 heterocycles. The number of rotatable bonds is 5. The first-order valence-electron chi connectivity index (χ1n) is 5.59. The van der Waals surface area contributed by atoms with E-state index in [1.54, 1.807) is 19.2 Å². The van der Waals surface area contributed by atoms with Crippen molar-refractivity contribution in [2.75, 3.05) is 18.5 Å². The van der Waals surface area contributed by atoms with E-state index in [1.165, 1.54) is 4.31 Å². The third kappa shape index (κ3) is 4.36. The van der Waals surface area contributed by atoms with E-state index in [1.807, 2.05) is 26.0 Å². The molecule has 1 aromatic rings. The quantitative estimate of drug-likeness (QED) is 0.815. The zero-order valence-electron chi connectivity index (χ0n) is 10.6. The van der Waals surface area contributed by atoms with Gasteiger partial charge in [0.25, 0.3) is 0 Å². The van der Waals surface area contributed by atoms with Crippen molar-refractivity contribution in [3.63, 3.8) is 0 Å². The third-order valence-electron chi connectivity index (χ3n) is 2.40. The lowest BCUT2D eigenvalue weighted by molar-refractivity contribution is 0.460. The molecule has 0 amide bonds. The molecule has 0 aliphatic carbocycles. The predicted octanol–water partition coefficient (Wildman–Crippen LogP) is 1.69. The summed E-state index contributed by atoms with van der Waals surface area (Å²) in [6.45, 7) is 4.18. The van der Waals surface area contributed by atoms with Crippen molar-refractivity contribution < 1.29 is 8.42 Å². The average Bonchev–Trinajstić information content (AvgIpc) is 2.19. The highest BCUT2D eigenvalue weighted by Gasteiger charge is 2.19. The first-order chi connectivity index (χ1) is 7.81. The van der Waals surface area contributed by atoms with Crippen LogP contribution < -0.4 is 5.73 Å². The minimum atomic E-state index is -3.17. The third-order valence-corrected chi connectivity index (χ3v) is 4.57. The molecule has 0 unspecified atom stereocenters. The van der Waals surface area contributed by atoms with Gasteiger partial charge < -0.3 is 5.73 Å². The Bertz CT molecular complexity index is 452. The molecule has 17 heavy (non-hydrogen) atoms. The summed E-state index contributed by atoms with van der Waals surface area (Å²) in [5.74, 6) is 0.312. The van der Waals surface area contributed by atoms with Gasteiger partial charge in [0.15, 0.2) is 0 Å². The van der Waals surface area contributed by atoms with Crippen LogP contribution in [0.3, 0.4) is 0 Å². The van der Waals surface area contributed by atoms with Crippen LogP contribution in [0.25, 0.3) is 0 Å². The fourth-order valence-electron chi connectivity index (χ4n) is 1.53. The van der Waals surface area contributed by atoms with Crippen LogP contribution in [0, 0.1) is 5.92 Å². The van der Waals surface area contributed by atoms with Gasteiger partial charge in [0.05, 0.1) is 5.75 Å². The molecule has 0 aliphatic rings. The monoisotopic (exact) mass is 256 g/mol. The van der Waals surface area contributed by atoms with E-state index in [-0.39, 0.29) is 11.7 Å². The Morgan fingerprint density at radius 1 is 1.24 bits per heavy atom. The van der Waals surface area contributed by atoms with E-state index in [9.17, 15) is 8.42 Å². The molecule has 2 N–H and O–H groups in total. The van der Waals surface area contributed by atoms with Gasteiger partial charge in [-0.25, -0.2) is 12.7 Å². The number of nitrogen functional groups attached to an aromatic ring is 1. The van der Waals surface area contributed by atoms with Crippen LogP contribution in [0.5, 0.6) is 0 Å². The molecular formula is C12H20N2O2S. The minimum absolute atomic E-state index is 0.133. The highest BCUT2D eigenvalue weighted by atomic mass is 32.2. The summed E-state index contributed by atoms with van der Waals surface area (Å²) in [5, 5.41) is 0. The fourth-order valence-corrected chi connectivity index (χ4v) is 2.97. The van der Waals surface area contributed by atoms with Gasteiger partial charge in [0.2, 0.25) is 10.0 Å². The highest BCUT2D eigenvalue weighted by molar-refractivity contribution is 7.89. The van der Waals surface area contributed by atoms with E-state index in [4.69, 9.17) is 5.73 Å². The molecule has 5 heteroatoms. The van der Waals surface area contributed by atoms with Gasteiger partial charge in [0, 0.05) is 19.3 Å². The van der Waals surface area contributed by atoms with Crippen LogP contribution in [0.4, 0.5) is 5.69 Å². The number of anilines is 1. The van der Waals surface area contributed by atoms with Crippen LogP contribution >= 0.6 is 0 Å². The van der Waals surface area contributed by atoms with Crippen LogP contribution in [-0.2, 0) is 16.6 Å². The van der Waals surface area contributed by atoms with Crippen LogP contribution in [0.1, 0.15) is 19.4 Å². The molecule has 0 spiro atoms. The zero-order valence-corrected chi connectivity index (χ0v) is 11.4. The second-order valence-electron chi connectivity index (χ2n) is 4.67. The molecule has 0 aromatic heterocycles. The maximum Gasteiger partial charge on any atom is 0.214 e. The number of sulfonamides is 1. The summed E-state index contributed by atoms with van der Waals surface area (Å²) >= 11 is 0. The Morgan fingerprint density at radius 2 is 1.76 bits per heavy atom. The van der Waals surface area contributed by atoms with Gasteiger partial charge in [-0.3, -0.25) is 0 Å². The van der Waals surface area contributed by atoms with E-state index in [0.717, 1.165) is 5.56 Å². The van der Waals surface area contributed by atoms with E-state index in [2.05, 4.69) is 0 Å². The molecule has 0 bridgehead atoms. The minimum Gasteiger partial charge on any atom is -0.399 e. The standard InChI is InChI=1S/C12H20N2O2S/c1-10(2)9-17(15,16)14(3)8-11-4-6-12(13)7-5-11/h4-7,10H,8-9,13H2,1-3H3. The van der Waals surface area contributed by atoms with E-state index >= 15 is 0 Å². The molecule has 1 rings (SSSR count). The molecule has 0 radical (unpaired) electrons. The molecular weight excluding hydrogens is 236 g/mol. The van der Waals surface area contributed by atoms with Gasteiger partial charge in [-0.2, -0.15) is 0 Å². The maximum atomic E-state index is 11.9. The van der Waals surface area contributed by atoms with Crippen LogP contribution in [0.2, 0.25) is 0 Å². The number of hydrogen-bond acceptors (Lipinski definition) is 3. The predicted molar refractivity (Wildman–Crippen MR) is 70.9 cm³/mol. The number of benzene rings is 1. The van der Waals surface area contributed by atoms with Crippen molar-refractivity contribution in [3.05, 3.63) is 29.8 Å². The van der Waals surface area contributed by atoms with E-state index in [0.29, 0.717) is 12.2 Å². The Labute approximate surface area is 103 Å². The van der Waals surface area contributed by atoms with Crippen molar-refractivity contribution in [2.24, 2.45) is 5.92 Å². The first-order valence-corrected chi connectivity index (χ1v) is 7.20. The molecule has 0 fully saturated rings. The van der Waals surface area contributed by atoms with Crippen molar-refractivity contribution in [1.29, 1.82) is 0 Å². The van der Waals surface area contributed by atoms with E-state index < -0.39 is 10.0 Å². The largest absolute Gasteiger partial charge is 0.399 e. The Kier molecular flexibility index (Phi) is 4.54. The van der Waals surface area contributed by atoms with Gasteiger partial charge >= 0.3 is 0 Å². The average molecular weight is 256 g/mol. The Balaban J connectivity index is 2.72. The summed E-state index contributed by atoms with van der Waals surface area (Å²) < 4.78 is 25.2. The summed E-state index contributed by atoms with van der Waals surface area (Å²) in [7, 11) is -1.56. The molecule has 0 aliphatic heterocycles. The second kappa shape index (κ2) is 5.51. The number of nitrogens with zero attached hydrogens (tertiary/aromatic N) is 1. The van der Waals surface area contributed by atoms with Gasteiger partial charge in [0.1, 0.15) is 0 Å². The van der Waals surface area contributed by atoms with Gasteiger partial charge in [-0.15, -0.1) is 0 Å². The molecule has 96 valence electrons. The zero-order chi connectivity index (χ0) is 13.1. The lowest BCUT2D eigenvalue weighted by atomic mass is 10.2. The first kappa shape index (κ1) is 14.0. The van der Waals surface area contributed by atoms with Crippen molar-refractivity contribution in [1.82, 2.24) is 4.31 Å². The lowest BCUT2D eigenvalue weighted by Crippen LogP contribution is -2.30. The molecule has 0 saturated heterocycles. The smallest absolute Gasteiger partial charge is 0.214 e. The normalized spacial score (nSPS) is 12.3. The summed E-state index contributed by atoms with van der Waals surface area (Å²) in [5.41, 5.74) is 7.20. The molecule has 1 aromatic carbocycles. The highest BCUT2D eigenvalue weighted by Crippen LogP contribution is 2.12.